The number of carbonyl (C=O) groups excluding carboxylic acids is 2. The Morgan fingerprint density at radius 1 is 1.04 bits per heavy atom. The minimum atomic E-state index is -3.75. The van der Waals surface area contributed by atoms with Gasteiger partial charge >= 0.3 is 0 Å². The minimum Gasteiger partial charge on any atom is -0.322 e. The van der Waals surface area contributed by atoms with Gasteiger partial charge < -0.3 is 5.32 Å². The molecule has 0 aliphatic heterocycles. The summed E-state index contributed by atoms with van der Waals surface area (Å²) < 4.78 is 27.0. The number of hydrogen-bond donors (Lipinski definition) is 2. The van der Waals surface area contributed by atoms with Crippen LogP contribution in [0.1, 0.15) is 41.5 Å². The first-order valence-electron chi connectivity index (χ1n) is 7.84. The van der Waals surface area contributed by atoms with Crippen LogP contribution in [0, 0.1) is 0 Å². The molecule has 2 aromatic carbocycles. The summed E-state index contributed by atoms with van der Waals surface area (Å²) in [5, 5.41) is 2.77. The Hall–Kier alpha value is -2.22. The molecule has 0 spiro atoms. The van der Waals surface area contributed by atoms with Crippen LogP contribution in [0.4, 0.5) is 5.69 Å². The number of halogens is 1. The molecule has 0 saturated heterocycles. The molecule has 2 aromatic rings. The van der Waals surface area contributed by atoms with Gasteiger partial charge in [-0.25, -0.2) is 13.1 Å². The van der Waals surface area contributed by atoms with Crippen molar-refractivity contribution in [1.82, 2.24) is 4.72 Å². The van der Waals surface area contributed by atoms with E-state index in [2.05, 4.69) is 10.0 Å². The summed E-state index contributed by atoms with van der Waals surface area (Å²) >= 11 is 6.06. The second-order valence-electron chi connectivity index (χ2n) is 6.01. The monoisotopic (exact) mass is 394 g/mol. The van der Waals surface area contributed by atoms with Gasteiger partial charge in [0.15, 0.2) is 5.78 Å². The Labute approximate surface area is 157 Å². The Morgan fingerprint density at radius 2 is 1.65 bits per heavy atom. The molecule has 138 valence electrons. The summed E-state index contributed by atoms with van der Waals surface area (Å²) in [6.07, 6.45) is 0. The summed E-state index contributed by atoms with van der Waals surface area (Å²) in [6, 6.07) is 10.0. The van der Waals surface area contributed by atoms with Gasteiger partial charge in [0.05, 0.1) is 15.5 Å². The third kappa shape index (κ3) is 4.91. The van der Waals surface area contributed by atoms with Gasteiger partial charge in [-0.05, 0) is 63.2 Å². The standard InChI is InChI=1S/C18H19ClN2O4S/c1-11(2)21-26(24,25)15-8-9-17(19)16(10-15)18(23)20-14-6-4-13(5-7-14)12(3)22/h4-11,21H,1-3H3,(H,20,23). The number of nitrogens with one attached hydrogen (secondary N) is 2. The summed E-state index contributed by atoms with van der Waals surface area (Å²) in [4.78, 5) is 23.7. The first kappa shape index (κ1) is 20.1. The Kier molecular flexibility index (Phi) is 6.17. The van der Waals surface area contributed by atoms with Crippen LogP contribution in [0.15, 0.2) is 47.4 Å². The summed E-state index contributed by atoms with van der Waals surface area (Å²) in [6.45, 7) is 4.85. The van der Waals surface area contributed by atoms with Gasteiger partial charge in [-0.1, -0.05) is 11.6 Å². The molecule has 0 saturated carbocycles. The fraction of sp³-hybridized carbons (Fsp3) is 0.222. The molecule has 0 radical (unpaired) electrons. The number of anilines is 1. The zero-order valence-corrected chi connectivity index (χ0v) is 16.1. The number of benzene rings is 2. The molecule has 0 bridgehead atoms. The molecule has 2 rings (SSSR count). The maximum absolute atomic E-state index is 12.5. The van der Waals surface area contributed by atoms with Crippen molar-refractivity contribution in [2.24, 2.45) is 0 Å². The average molecular weight is 395 g/mol. The number of carbonyl (C=O) groups is 2. The van der Waals surface area contributed by atoms with Gasteiger partial charge in [0.25, 0.3) is 5.91 Å². The zero-order chi connectivity index (χ0) is 19.5. The summed E-state index contributed by atoms with van der Waals surface area (Å²) in [7, 11) is -3.75. The van der Waals surface area contributed by atoms with Crippen LogP contribution < -0.4 is 10.0 Å². The van der Waals surface area contributed by atoms with E-state index in [9.17, 15) is 18.0 Å². The number of ketones is 1. The maximum atomic E-state index is 12.5. The van der Waals surface area contributed by atoms with Crippen molar-refractivity contribution in [1.29, 1.82) is 0 Å². The first-order chi connectivity index (χ1) is 12.1. The van der Waals surface area contributed by atoms with Crippen LogP contribution in [-0.4, -0.2) is 26.2 Å². The highest BCUT2D eigenvalue weighted by Crippen LogP contribution is 2.22. The Balaban J connectivity index is 2.28. The molecule has 0 unspecified atom stereocenters. The van der Waals surface area contributed by atoms with Crippen LogP contribution in [-0.2, 0) is 10.0 Å². The van der Waals surface area contributed by atoms with Gasteiger partial charge in [0, 0.05) is 17.3 Å². The molecule has 0 fully saturated rings. The lowest BCUT2D eigenvalue weighted by Gasteiger charge is -2.12. The smallest absolute Gasteiger partial charge is 0.257 e. The SMILES string of the molecule is CC(=O)c1ccc(NC(=O)c2cc(S(=O)(=O)NC(C)C)ccc2Cl)cc1. The van der Waals surface area contributed by atoms with Gasteiger partial charge in [-0.15, -0.1) is 0 Å². The van der Waals surface area contributed by atoms with Crippen molar-refractivity contribution in [3.8, 4) is 0 Å². The van der Waals surface area contributed by atoms with E-state index in [1.54, 1.807) is 38.1 Å². The molecule has 26 heavy (non-hydrogen) atoms. The van der Waals surface area contributed by atoms with Crippen LogP contribution in [0.25, 0.3) is 0 Å². The first-order valence-corrected chi connectivity index (χ1v) is 9.70. The second kappa shape index (κ2) is 7.99. The predicted octanol–water partition coefficient (Wildman–Crippen LogP) is 3.48. The molecule has 0 atom stereocenters. The van der Waals surface area contributed by atoms with Crippen molar-refractivity contribution >= 4 is 39.0 Å². The topological polar surface area (TPSA) is 92.3 Å². The molecule has 6 nitrogen and oxygen atoms in total. The van der Waals surface area contributed by atoms with Crippen molar-refractivity contribution in [3.63, 3.8) is 0 Å². The third-order valence-electron chi connectivity index (χ3n) is 3.43. The van der Waals surface area contributed by atoms with Crippen LogP contribution in [0.3, 0.4) is 0 Å². The van der Waals surface area contributed by atoms with E-state index in [0.717, 1.165) is 0 Å². The number of rotatable bonds is 6. The highest BCUT2D eigenvalue weighted by molar-refractivity contribution is 7.89. The summed E-state index contributed by atoms with van der Waals surface area (Å²) in [5.41, 5.74) is 1.02. The molecule has 0 aliphatic carbocycles. The Morgan fingerprint density at radius 3 is 2.19 bits per heavy atom. The van der Waals surface area contributed by atoms with E-state index in [1.807, 2.05) is 0 Å². The number of sulfonamides is 1. The second-order valence-corrected chi connectivity index (χ2v) is 8.13. The molecule has 2 N–H and O–H groups in total. The minimum absolute atomic E-state index is 0.0361. The van der Waals surface area contributed by atoms with E-state index < -0.39 is 15.9 Å². The lowest BCUT2D eigenvalue weighted by molar-refractivity contribution is 0.101. The maximum Gasteiger partial charge on any atom is 0.257 e. The molecule has 8 heteroatoms. The van der Waals surface area contributed by atoms with E-state index in [4.69, 9.17) is 11.6 Å². The van der Waals surface area contributed by atoms with E-state index in [0.29, 0.717) is 11.3 Å². The average Bonchev–Trinajstić information content (AvgIpc) is 2.54. The summed E-state index contributed by atoms with van der Waals surface area (Å²) in [5.74, 6) is -0.631. The lowest BCUT2D eigenvalue weighted by atomic mass is 10.1. The van der Waals surface area contributed by atoms with Gasteiger partial charge in [0.2, 0.25) is 10.0 Å². The number of amides is 1. The van der Waals surface area contributed by atoms with E-state index in [-0.39, 0.29) is 27.3 Å². The molecule has 0 heterocycles. The van der Waals surface area contributed by atoms with E-state index in [1.165, 1.54) is 25.1 Å². The molecule has 0 aromatic heterocycles. The van der Waals surface area contributed by atoms with Crippen LogP contribution in [0.2, 0.25) is 5.02 Å². The number of Topliss-reactive ketones (excluding diaryl/α,β-unsaturated/α-hetero) is 1. The highest BCUT2D eigenvalue weighted by Gasteiger charge is 2.19. The van der Waals surface area contributed by atoms with Crippen molar-refractivity contribution in [2.75, 3.05) is 5.32 Å². The fourth-order valence-corrected chi connectivity index (χ4v) is 3.69. The van der Waals surface area contributed by atoms with Crippen molar-refractivity contribution in [3.05, 3.63) is 58.6 Å². The largest absolute Gasteiger partial charge is 0.322 e. The van der Waals surface area contributed by atoms with Crippen LogP contribution >= 0.6 is 11.6 Å². The van der Waals surface area contributed by atoms with Crippen LogP contribution in [0.5, 0.6) is 0 Å². The highest BCUT2D eigenvalue weighted by atomic mass is 35.5. The van der Waals surface area contributed by atoms with Gasteiger partial charge in [-0.2, -0.15) is 0 Å². The number of hydrogen-bond acceptors (Lipinski definition) is 4. The Bertz CT molecular complexity index is 938. The van der Waals surface area contributed by atoms with Gasteiger partial charge in [-0.3, -0.25) is 9.59 Å². The molecule has 0 aliphatic rings. The third-order valence-corrected chi connectivity index (χ3v) is 5.42. The lowest BCUT2D eigenvalue weighted by Crippen LogP contribution is -2.30. The fourth-order valence-electron chi connectivity index (χ4n) is 2.21. The van der Waals surface area contributed by atoms with Crippen molar-refractivity contribution in [2.45, 2.75) is 31.7 Å². The molecular weight excluding hydrogens is 376 g/mol. The molecule has 1 amide bonds. The normalized spacial score (nSPS) is 11.4. The predicted molar refractivity (Wildman–Crippen MR) is 101 cm³/mol. The zero-order valence-electron chi connectivity index (χ0n) is 14.5. The van der Waals surface area contributed by atoms with Gasteiger partial charge in [0.1, 0.15) is 0 Å². The van der Waals surface area contributed by atoms with Crippen molar-refractivity contribution < 1.29 is 18.0 Å². The molecular formula is C18H19ClN2O4S. The quantitative estimate of drug-likeness (QED) is 0.733. The van der Waals surface area contributed by atoms with E-state index >= 15 is 0 Å².